The van der Waals surface area contributed by atoms with Crippen molar-refractivity contribution in [3.63, 3.8) is 0 Å². The molecule has 390 valence electrons. The van der Waals surface area contributed by atoms with Crippen LogP contribution in [0.5, 0.6) is 0 Å². The number of unbranched alkanes of at least 4 members (excludes halogenated alkanes) is 42. The number of allylic oxidation sites excluding steroid dienone is 2. The van der Waals surface area contributed by atoms with Gasteiger partial charge in [0.15, 0.2) is 6.10 Å². The minimum absolute atomic E-state index is 0.0663. The predicted molar refractivity (Wildman–Crippen MR) is 284 cm³/mol. The summed E-state index contributed by atoms with van der Waals surface area (Å²) in [6.45, 7) is 6.68. The van der Waals surface area contributed by atoms with Gasteiger partial charge in [0.2, 0.25) is 0 Å². The van der Waals surface area contributed by atoms with Crippen LogP contribution in [0.15, 0.2) is 12.2 Å². The third-order valence-corrected chi connectivity index (χ3v) is 13.5. The molecule has 0 amide bonds. The molecule has 6 nitrogen and oxygen atoms in total. The largest absolute Gasteiger partial charge is 0.462 e. The van der Waals surface area contributed by atoms with Crippen LogP contribution in [0, 0.1) is 0 Å². The van der Waals surface area contributed by atoms with Gasteiger partial charge < -0.3 is 14.2 Å². The fraction of sp³-hybridized carbons (Fsp3) is 0.917. The lowest BCUT2D eigenvalue weighted by Crippen LogP contribution is -2.30. The van der Waals surface area contributed by atoms with E-state index in [1.807, 2.05) is 0 Å². The molecule has 0 spiro atoms. The summed E-state index contributed by atoms with van der Waals surface area (Å²) in [6, 6.07) is 0. The van der Waals surface area contributed by atoms with Gasteiger partial charge in [-0.3, -0.25) is 14.4 Å². The molecule has 0 saturated heterocycles. The molecule has 0 aliphatic heterocycles. The number of hydrogen-bond donors (Lipinski definition) is 0. The van der Waals surface area contributed by atoms with E-state index >= 15 is 0 Å². The van der Waals surface area contributed by atoms with Gasteiger partial charge in [-0.25, -0.2) is 0 Å². The van der Waals surface area contributed by atoms with E-state index in [0.29, 0.717) is 19.3 Å². The molecule has 0 aromatic heterocycles. The van der Waals surface area contributed by atoms with Crippen LogP contribution in [-0.4, -0.2) is 37.2 Å². The summed E-state index contributed by atoms with van der Waals surface area (Å²) in [7, 11) is 0. The molecule has 0 heterocycles. The lowest BCUT2D eigenvalue weighted by molar-refractivity contribution is -0.167. The Labute approximate surface area is 411 Å². The van der Waals surface area contributed by atoms with Crippen LogP contribution in [0.4, 0.5) is 0 Å². The Balaban J connectivity index is 4.28. The molecule has 66 heavy (non-hydrogen) atoms. The maximum atomic E-state index is 12.9. The molecule has 0 unspecified atom stereocenters. The first-order valence-electron chi connectivity index (χ1n) is 29.7. The number of rotatable bonds is 55. The Bertz CT molecular complexity index is 1020. The van der Waals surface area contributed by atoms with Gasteiger partial charge in [-0.2, -0.15) is 0 Å². The maximum absolute atomic E-state index is 12.9. The van der Waals surface area contributed by atoms with E-state index in [1.165, 1.54) is 231 Å². The Morgan fingerprint density at radius 1 is 0.288 bits per heavy atom. The highest BCUT2D eigenvalue weighted by Crippen LogP contribution is 2.17. The van der Waals surface area contributed by atoms with Crippen LogP contribution in [-0.2, 0) is 28.6 Å². The number of carbonyl (C=O) groups excluding carboxylic acids is 3. The molecule has 6 heteroatoms. The SMILES string of the molecule is CCCCCC/C=C\CCCCCCCC(=O)OC[C@H](COC(=O)CCCCCCCCCCCCCCCCCCCCC)OC(=O)CCCCCCCCCCCCCCCCCC. The van der Waals surface area contributed by atoms with Gasteiger partial charge in [-0.15, -0.1) is 0 Å². The van der Waals surface area contributed by atoms with Crippen molar-refractivity contribution in [1.29, 1.82) is 0 Å². The molecule has 0 aromatic rings. The molecule has 0 aliphatic rings. The van der Waals surface area contributed by atoms with E-state index in [9.17, 15) is 14.4 Å². The summed E-state index contributed by atoms with van der Waals surface area (Å²) in [6.07, 6.45) is 63.5. The first-order chi connectivity index (χ1) is 32.5. The van der Waals surface area contributed by atoms with Crippen LogP contribution < -0.4 is 0 Å². The van der Waals surface area contributed by atoms with Crippen molar-refractivity contribution in [1.82, 2.24) is 0 Å². The van der Waals surface area contributed by atoms with Crippen molar-refractivity contribution < 1.29 is 28.6 Å². The fourth-order valence-corrected chi connectivity index (χ4v) is 9.03. The van der Waals surface area contributed by atoms with Gasteiger partial charge in [-0.1, -0.05) is 283 Å². The predicted octanol–water partition coefficient (Wildman–Crippen LogP) is 19.7. The Morgan fingerprint density at radius 3 is 0.773 bits per heavy atom. The molecule has 0 aliphatic carbocycles. The zero-order chi connectivity index (χ0) is 47.9. The molecule has 0 aromatic carbocycles. The van der Waals surface area contributed by atoms with Crippen LogP contribution in [0.3, 0.4) is 0 Å². The van der Waals surface area contributed by atoms with Gasteiger partial charge in [-0.05, 0) is 44.9 Å². The van der Waals surface area contributed by atoms with Crippen molar-refractivity contribution >= 4 is 17.9 Å². The highest BCUT2D eigenvalue weighted by Gasteiger charge is 2.19. The second-order valence-electron chi connectivity index (χ2n) is 20.3. The lowest BCUT2D eigenvalue weighted by Gasteiger charge is -2.18. The van der Waals surface area contributed by atoms with E-state index in [2.05, 4.69) is 32.9 Å². The van der Waals surface area contributed by atoms with Crippen LogP contribution >= 0.6 is 0 Å². The first kappa shape index (κ1) is 64.2. The monoisotopic (exact) mass is 931 g/mol. The Hall–Kier alpha value is -1.85. The highest BCUT2D eigenvalue weighted by molar-refractivity contribution is 5.71. The maximum Gasteiger partial charge on any atom is 0.306 e. The molecular weight excluding hydrogens is 817 g/mol. The van der Waals surface area contributed by atoms with E-state index in [0.717, 1.165) is 64.2 Å². The number of esters is 3. The van der Waals surface area contributed by atoms with E-state index in [4.69, 9.17) is 14.2 Å². The highest BCUT2D eigenvalue weighted by atomic mass is 16.6. The molecule has 0 bridgehead atoms. The molecule has 0 fully saturated rings. The zero-order valence-electron chi connectivity index (χ0n) is 44.7. The van der Waals surface area contributed by atoms with Gasteiger partial charge in [0.05, 0.1) is 0 Å². The quantitative estimate of drug-likeness (QED) is 0.0262. The summed E-state index contributed by atoms with van der Waals surface area (Å²) < 4.78 is 16.9. The molecule has 1 atom stereocenters. The minimum atomic E-state index is -0.767. The smallest absolute Gasteiger partial charge is 0.306 e. The van der Waals surface area contributed by atoms with Gasteiger partial charge in [0, 0.05) is 19.3 Å². The normalized spacial score (nSPS) is 12.0. The lowest BCUT2D eigenvalue weighted by atomic mass is 10.0. The molecular formula is C60H114O6. The average molecular weight is 932 g/mol. The van der Waals surface area contributed by atoms with Crippen molar-refractivity contribution in [3.05, 3.63) is 12.2 Å². The molecule has 0 saturated carbocycles. The second-order valence-corrected chi connectivity index (χ2v) is 20.3. The van der Waals surface area contributed by atoms with Gasteiger partial charge in [0.1, 0.15) is 13.2 Å². The third-order valence-electron chi connectivity index (χ3n) is 13.5. The van der Waals surface area contributed by atoms with E-state index in [-0.39, 0.29) is 31.1 Å². The van der Waals surface area contributed by atoms with Crippen molar-refractivity contribution in [2.45, 2.75) is 341 Å². The average Bonchev–Trinajstić information content (AvgIpc) is 3.31. The standard InChI is InChI=1S/C60H114O6/c1-4-7-10-13-16-19-22-25-27-29-30-31-33-35-38-41-44-47-50-53-59(62)65-56-57(55-64-58(61)52-49-46-43-40-37-34-24-21-18-15-12-9-6-3)66-60(63)54-51-48-45-42-39-36-32-28-26-23-20-17-14-11-8-5-2/h21,24,57H,4-20,22-23,25-56H2,1-3H3/b24-21-/t57-/m1/s1. The van der Waals surface area contributed by atoms with Gasteiger partial charge >= 0.3 is 17.9 Å². The first-order valence-corrected chi connectivity index (χ1v) is 29.7. The van der Waals surface area contributed by atoms with Crippen LogP contribution in [0.25, 0.3) is 0 Å². The molecule has 0 rings (SSSR count). The van der Waals surface area contributed by atoms with E-state index in [1.54, 1.807) is 0 Å². The summed E-state index contributed by atoms with van der Waals surface area (Å²) in [5, 5.41) is 0. The zero-order valence-corrected chi connectivity index (χ0v) is 44.7. The summed E-state index contributed by atoms with van der Waals surface area (Å²) in [5.41, 5.74) is 0. The van der Waals surface area contributed by atoms with Crippen molar-refractivity contribution in [3.8, 4) is 0 Å². The van der Waals surface area contributed by atoms with Crippen molar-refractivity contribution in [2.24, 2.45) is 0 Å². The molecule has 0 radical (unpaired) electrons. The number of hydrogen-bond acceptors (Lipinski definition) is 6. The van der Waals surface area contributed by atoms with Crippen LogP contribution in [0.1, 0.15) is 335 Å². The third kappa shape index (κ3) is 53.1. The fourth-order valence-electron chi connectivity index (χ4n) is 9.03. The number of ether oxygens (including phenoxy) is 3. The Kier molecular flexibility index (Phi) is 54.2. The summed E-state index contributed by atoms with van der Waals surface area (Å²) in [5.74, 6) is -0.850. The Morgan fingerprint density at radius 2 is 0.500 bits per heavy atom. The summed E-state index contributed by atoms with van der Waals surface area (Å²) in [4.78, 5) is 38.1. The topological polar surface area (TPSA) is 78.9 Å². The van der Waals surface area contributed by atoms with Gasteiger partial charge in [0.25, 0.3) is 0 Å². The molecule has 0 N–H and O–H groups in total. The van der Waals surface area contributed by atoms with Crippen molar-refractivity contribution in [2.75, 3.05) is 13.2 Å². The summed E-state index contributed by atoms with van der Waals surface area (Å²) >= 11 is 0. The second kappa shape index (κ2) is 55.7. The number of carbonyl (C=O) groups is 3. The minimum Gasteiger partial charge on any atom is -0.462 e. The van der Waals surface area contributed by atoms with Crippen LogP contribution in [0.2, 0.25) is 0 Å². The van der Waals surface area contributed by atoms with E-state index < -0.39 is 6.10 Å².